The van der Waals surface area contributed by atoms with E-state index in [9.17, 15) is 9.59 Å². The highest BCUT2D eigenvalue weighted by molar-refractivity contribution is 6.01. The molecule has 132 valence electrons. The second-order valence-electron chi connectivity index (χ2n) is 6.74. The van der Waals surface area contributed by atoms with Crippen LogP contribution in [0.2, 0.25) is 0 Å². The summed E-state index contributed by atoms with van der Waals surface area (Å²) in [6.07, 6.45) is 4.42. The standard InChI is InChI=1S/C22H21NO3/c24-21(23-13-7-1-2-8-14-23)19-12-6-5-11-18(19)20-15-16-9-3-4-10-17(16)22(25)26-20/h3-6,9-12,15H,1-2,7-8,13-14H2. The lowest BCUT2D eigenvalue weighted by Crippen LogP contribution is -2.32. The quantitative estimate of drug-likeness (QED) is 0.687. The average Bonchev–Trinajstić information content (AvgIpc) is 2.97. The Labute approximate surface area is 152 Å². The van der Waals surface area contributed by atoms with E-state index in [0.717, 1.165) is 31.3 Å². The molecule has 0 bridgehead atoms. The van der Waals surface area contributed by atoms with Crippen LogP contribution in [0.1, 0.15) is 36.0 Å². The summed E-state index contributed by atoms with van der Waals surface area (Å²) in [5.41, 5.74) is 0.882. The number of carbonyl (C=O) groups excluding carboxylic acids is 1. The van der Waals surface area contributed by atoms with Crippen LogP contribution in [-0.2, 0) is 0 Å². The molecule has 0 atom stereocenters. The number of hydrogen-bond donors (Lipinski definition) is 0. The van der Waals surface area contributed by atoms with Crippen LogP contribution < -0.4 is 5.63 Å². The van der Waals surface area contributed by atoms with Gasteiger partial charge in [-0.25, -0.2) is 4.79 Å². The van der Waals surface area contributed by atoms with E-state index in [-0.39, 0.29) is 11.5 Å². The van der Waals surface area contributed by atoms with Gasteiger partial charge in [0.15, 0.2) is 0 Å². The van der Waals surface area contributed by atoms with Gasteiger partial charge in [-0.15, -0.1) is 0 Å². The zero-order valence-corrected chi connectivity index (χ0v) is 14.6. The van der Waals surface area contributed by atoms with Crippen LogP contribution in [0.3, 0.4) is 0 Å². The molecule has 1 aliphatic rings. The van der Waals surface area contributed by atoms with Crippen LogP contribution in [-0.4, -0.2) is 23.9 Å². The van der Waals surface area contributed by atoms with Gasteiger partial charge in [0, 0.05) is 18.7 Å². The monoisotopic (exact) mass is 347 g/mol. The Bertz CT molecular complexity index is 997. The number of benzene rings is 2. The molecule has 0 saturated carbocycles. The van der Waals surface area contributed by atoms with Gasteiger partial charge in [0.1, 0.15) is 5.76 Å². The fourth-order valence-electron chi connectivity index (χ4n) is 3.60. The van der Waals surface area contributed by atoms with Crippen LogP contribution in [0.4, 0.5) is 0 Å². The van der Waals surface area contributed by atoms with Gasteiger partial charge in [0.25, 0.3) is 5.91 Å². The van der Waals surface area contributed by atoms with Gasteiger partial charge >= 0.3 is 5.63 Å². The number of hydrogen-bond acceptors (Lipinski definition) is 3. The smallest absolute Gasteiger partial charge is 0.344 e. The molecule has 0 aliphatic carbocycles. The van der Waals surface area contributed by atoms with E-state index >= 15 is 0 Å². The molecule has 1 aliphatic heterocycles. The van der Waals surface area contributed by atoms with Gasteiger partial charge in [-0.3, -0.25) is 4.79 Å². The van der Waals surface area contributed by atoms with Crippen molar-refractivity contribution in [3.8, 4) is 11.3 Å². The lowest BCUT2D eigenvalue weighted by atomic mass is 10.0. The molecule has 2 aromatic carbocycles. The third kappa shape index (κ3) is 3.15. The Morgan fingerprint density at radius 2 is 1.58 bits per heavy atom. The number of amides is 1. The maximum absolute atomic E-state index is 13.1. The Morgan fingerprint density at radius 1 is 0.885 bits per heavy atom. The van der Waals surface area contributed by atoms with E-state index in [4.69, 9.17) is 4.42 Å². The molecule has 4 heteroatoms. The van der Waals surface area contributed by atoms with Crippen LogP contribution >= 0.6 is 0 Å². The zero-order valence-electron chi connectivity index (χ0n) is 14.6. The molecule has 1 fully saturated rings. The van der Waals surface area contributed by atoms with E-state index in [2.05, 4.69) is 0 Å². The Morgan fingerprint density at radius 3 is 2.38 bits per heavy atom. The molecule has 1 amide bonds. The first kappa shape index (κ1) is 16.6. The molecule has 4 nitrogen and oxygen atoms in total. The summed E-state index contributed by atoms with van der Waals surface area (Å²) >= 11 is 0. The molecule has 0 unspecified atom stereocenters. The first-order valence-corrected chi connectivity index (χ1v) is 9.15. The predicted octanol–water partition coefficient (Wildman–Crippen LogP) is 4.48. The summed E-state index contributed by atoms with van der Waals surface area (Å²) in [4.78, 5) is 27.4. The summed E-state index contributed by atoms with van der Waals surface area (Å²) in [5.74, 6) is 0.450. The number of carbonyl (C=O) groups is 1. The Hall–Kier alpha value is -2.88. The Balaban J connectivity index is 1.79. The maximum atomic E-state index is 13.1. The molecular weight excluding hydrogens is 326 g/mol. The minimum Gasteiger partial charge on any atom is -0.422 e. The van der Waals surface area contributed by atoms with E-state index in [0.29, 0.717) is 22.3 Å². The maximum Gasteiger partial charge on any atom is 0.344 e. The topological polar surface area (TPSA) is 50.5 Å². The van der Waals surface area contributed by atoms with Gasteiger partial charge in [-0.1, -0.05) is 49.2 Å². The second-order valence-corrected chi connectivity index (χ2v) is 6.74. The number of likely N-dealkylation sites (tertiary alicyclic amines) is 1. The molecule has 1 aromatic heterocycles. The van der Waals surface area contributed by atoms with Gasteiger partial charge < -0.3 is 9.32 Å². The molecule has 0 spiro atoms. The van der Waals surface area contributed by atoms with Crippen LogP contribution in [0.5, 0.6) is 0 Å². The highest BCUT2D eigenvalue weighted by Gasteiger charge is 2.21. The minimum absolute atomic E-state index is 0.0123. The van der Waals surface area contributed by atoms with Crippen molar-refractivity contribution in [3.05, 3.63) is 70.6 Å². The van der Waals surface area contributed by atoms with Gasteiger partial charge in [0.2, 0.25) is 0 Å². The largest absolute Gasteiger partial charge is 0.422 e. The van der Waals surface area contributed by atoms with Crippen molar-refractivity contribution in [2.24, 2.45) is 0 Å². The zero-order chi connectivity index (χ0) is 17.9. The lowest BCUT2D eigenvalue weighted by molar-refractivity contribution is 0.0762. The van der Waals surface area contributed by atoms with E-state index in [1.54, 1.807) is 6.07 Å². The summed E-state index contributed by atoms with van der Waals surface area (Å²) in [7, 11) is 0. The SMILES string of the molecule is O=C(c1ccccc1-c1cc2ccccc2c(=O)o1)N1CCCCCC1. The molecule has 3 aromatic rings. The average molecular weight is 347 g/mol. The lowest BCUT2D eigenvalue weighted by Gasteiger charge is -2.21. The normalized spacial score (nSPS) is 15.0. The van der Waals surface area contributed by atoms with Crippen molar-refractivity contribution < 1.29 is 9.21 Å². The first-order valence-electron chi connectivity index (χ1n) is 9.15. The molecule has 2 heterocycles. The van der Waals surface area contributed by atoms with E-state index in [1.807, 2.05) is 53.4 Å². The first-order chi connectivity index (χ1) is 12.7. The highest BCUT2D eigenvalue weighted by atomic mass is 16.4. The van der Waals surface area contributed by atoms with Gasteiger partial charge in [-0.05, 0) is 36.4 Å². The molecule has 0 radical (unpaired) electrons. The van der Waals surface area contributed by atoms with Crippen molar-refractivity contribution in [1.82, 2.24) is 4.90 Å². The Kier molecular flexibility index (Phi) is 4.57. The fourth-order valence-corrected chi connectivity index (χ4v) is 3.60. The van der Waals surface area contributed by atoms with Crippen molar-refractivity contribution in [3.63, 3.8) is 0 Å². The molecular formula is C22H21NO3. The van der Waals surface area contributed by atoms with Gasteiger partial charge in [-0.2, -0.15) is 0 Å². The molecule has 1 saturated heterocycles. The molecule has 4 rings (SSSR count). The fraction of sp³-hybridized carbons (Fsp3) is 0.273. The van der Waals surface area contributed by atoms with E-state index in [1.165, 1.54) is 12.8 Å². The van der Waals surface area contributed by atoms with Crippen molar-refractivity contribution in [2.45, 2.75) is 25.7 Å². The highest BCUT2D eigenvalue weighted by Crippen LogP contribution is 2.27. The van der Waals surface area contributed by atoms with Crippen molar-refractivity contribution >= 4 is 16.7 Å². The van der Waals surface area contributed by atoms with Crippen molar-refractivity contribution in [1.29, 1.82) is 0 Å². The van der Waals surface area contributed by atoms with E-state index < -0.39 is 0 Å². The predicted molar refractivity (Wildman–Crippen MR) is 102 cm³/mol. The summed E-state index contributed by atoms with van der Waals surface area (Å²) in [5, 5.41) is 1.36. The number of fused-ring (bicyclic) bond motifs is 1. The van der Waals surface area contributed by atoms with Crippen LogP contribution in [0.15, 0.2) is 63.8 Å². The van der Waals surface area contributed by atoms with Crippen molar-refractivity contribution in [2.75, 3.05) is 13.1 Å². The number of nitrogens with zero attached hydrogens (tertiary/aromatic N) is 1. The summed E-state index contributed by atoms with van der Waals surface area (Å²) < 4.78 is 5.55. The third-order valence-corrected chi connectivity index (χ3v) is 4.99. The second kappa shape index (κ2) is 7.16. The summed E-state index contributed by atoms with van der Waals surface area (Å²) in [6.45, 7) is 1.57. The van der Waals surface area contributed by atoms with Gasteiger partial charge in [0.05, 0.1) is 10.9 Å². The third-order valence-electron chi connectivity index (χ3n) is 4.99. The minimum atomic E-state index is -0.380. The van der Waals surface area contributed by atoms with Crippen LogP contribution in [0, 0.1) is 0 Å². The summed E-state index contributed by atoms with van der Waals surface area (Å²) in [6, 6.07) is 16.6. The molecule has 0 N–H and O–H groups in total. The number of rotatable bonds is 2. The molecule has 26 heavy (non-hydrogen) atoms. The van der Waals surface area contributed by atoms with Crippen LogP contribution in [0.25, 0.3) is 22.1 Å².